The number of nitrogens with one attached hydrogen (secondary N) is 2. The molecule has 1 atom stereocenters. The number of carbonyl (C=O) groups excluding carboxylic acids is 2. The summed E-state index contributed by atoms with van der Waals surface area (Å²) in [6.07, 6.45) is 0. The zero-order chi connectivity index (χ0) is 23.5. The van der Waals surface area contributed by atoms with Crippen molar-refractivity contribution in [1.82, 2.24) is 9.88 Å². The van der Waals surface area contributed by atoms with Gasteiger partial charge in [0.2, 0.25) is 5.91 Å². The number of carbonyl (C=O) groups is 2. The summed E-state index contributed by atoms with van der Waals surface area (Å²) in [5, 5.41) is 3.21. The van der Waals surface area contributed by atoms with Crippen LogP contribution in [0.5, 0.6) is 0 Å². The van der Waals surface area contributed by atoms with Crippen LogP contribution in [0.4, 0.5) is 20.2 Å². The van der Waals surface area contributed by atoms with Crippen LogP contribution in [0.2, 0.25) is 0 Å². The van der Waals surface area contributed by atoms with Gasteiger partial charge in [-0.05, 0) is 56.3 Å². The Bertz CT molecular complexity index is 1150. The Balaban J connectivity index is 1.48. The normalized spacial score (nSPS) is 15.5. The van der Waals surface area contributed by atoms with E-state index in [-0.39, 0.29) is 29.7 Å². The van der Waals surface area contributed by atoms with Gasteiger partial charge in [-0.2, -0.15) is 0 Å². The van der Waals surface area contributed by atoms with Gasteiger partial charge in [-0.15, -0.1) is 0 Å². The maximum atomic E-state index is 13.9. The van der Waals surface area contributed by atoms with Gasteiger partial charge in [-0.3, -0.25) is 9.69 Å². The molecule has 33 heavy (non-hydrogen) atoms. The van der Waals surface area contributed by atoms with E-state index in [0.717, 1.165) is 5.69 Å². The van der Waals surface area contributed by atoms with Crippen molar-refractivity contribution in [2.75, 3.05) is 43.0 Å². The first-order chi connectivity index (χ1) is 15.9. The van der Waals surface area contributed by atoms with E-state index < -0.39 is 17.8 Å². The maximum Gasteiger partial charge on any atom is 0.356 e. The van der Waals surface area contributed by atoms with Crippen LogP contribution >= 0.6 is 0 Å². The second-order valence-corrected chi connectivity index (χ2v) is 7.95. The van der Waals surface area contributed by atoms with E-state index in [1.54, 1.807) is 26.0 Å². The molecule has 0 bridgehead atoms. The average Bonchev–Trinajstić information content (AvgIpc) is 3.17. The molecule has 1 fully saturated rings. The Morgan fingerprint density at radius 1 is 1.06 bits per heavy atom. The number of anilines is 2. The fourth-order valence-corrected chi connectivity index (χ4v) is 4.06. The highest BCUT2D eigenvalue weighted by Gasteiger charge is 2.28. The number of aromatic nitrogens is 1. The quantitative estimate of drug-likeness (QED) is 0.552. The highest BCUT2D eigenvalue weighted by molar-refractivity contribution is 6.11. The van der Waals surface area contributed by atoms with Gasteiger partial charge >= 0.3 is 5.97 Å². The molecule has 174 valence electrons. The number of ether oxygens (including phenoxy) is 1. The number of piperazine rings is 1. The van der Waals surface area contributed by atoms with Crippen molar-refractivity contribution in [2.45, 2.75) is 19.9 Å². The van der Waals surface area contributed by atoms with Crippen molar-refractivity contribution in [1.29, 1.82) is 0 Å². The van der Waals surface area contributed by atoms with E-state index in [2.05, 4.69) is 15.2 Å². The summed E-state index contributed by atoms with van der Waals surface area (Å²) in [5.41, 5.74) is 1.76. The molecule has 1 amide bonds. The summed E-state index contributed by atoms with van der Waals surface area (Å²) in [7, 11) is 0. The van der Waals surface area contributed by atoms with E-state index in [1.165, 1.54) is 30.3 Å². The lowest BCUT2D eigenvalue weighted by atomic mass is 10.1. The molecule has 3 aromatic rings. The molecule has 1 aliphatic heterocycles. The molecule has 9 heteroatoms. The van der Waals surface area contributed by atoms with E-state index >= 15 is 0 Å². The largest absolute Gasteiger partial charge is 0.461 e. The van der Waals surface area contributed by atoms with Crippen LogP contribution in [-0.2, 0) is 9.53 Å². The molecular weight excluding hydrogens is 430 g/mol. The number of nitrogens with zero attached hydrogens (tertiary/aromatic N) is 2. The molecule has 0 saturated carbocycles. The molecule has 0 aliphatic carbocycles. The van der Waals surface area contributed by atoms with Crippen LogP contribution in [0.25, 0.3) is 10.9 Å². The van der Waals surface area contributed by atoms with Crippen LogP contribution in [0.15, 0.2) is 42.5 Å². The highest BCUT2D eigenvalue weighted by atomic mass is 19.1. The molecule has 2 aromatic carbocycles. The number of hydrogen-bond donors (Lipinski definition) is 2. The van der Waals surface area contributed by atoms with Gasteiger partial charge in [0.05, 0.1) is 18.3 Å². The van der Waals surface area contributed by atoms with E-state index in [1.807, 2.05) is 4.90 Å². The second kappa shape index (κ2) is 9.58. The van der Waals surface area contributed by atoms with Crippen molar-refractivity contribution in [3.63, 3.8) is 0 Å². The molecule has 2 heterocycles. The van der Waals surface area contributed by atoms with Crippen molar-refractivity contribution in [2.24, 2.45) is 0 Å². The lowest BCUT2D eigenvalue weighted by Crippen LogP contribution is -2.52. The predicted molar refractivity (Wildman–Crippen MR) is 122 cm³/mol. The molecule has 4 rings (SSSR count). The van der Waals surface area contributed by atoms with Gasteiger partial charge < -0.3 is 19.9 Å². The minimum atomic E-state index is -0.620. The number of amides is 1. The molecule has 0 spiro atoms. The fourth-order valence-electron chi connectivity index (χ4n) is 4.06. The summed E-state index contributed by atoms with van der Waals surface area (Å²) >= 11 is 0. The van der Waals surface area contributed by atoms with Gasteiger partial charge in [-0.25, -0.2) is 13.6 Å². The average molecular weight is 456 g/mol. The number of H-pyrrole nitrogens is 1. The summed E-state index contributed by atoms with van der Waals surface area (Å²) in [6.45, 7) is 6.31. The van der Waals surface area contributed by atoms with Crippen molar-refractivity contribution in [3.8, 4) is 0 Å². The first kappa shape index (κ1) is 22.7. The molecule has 0 unspecified atom stereocenters. The monoisotopic (exact) mass is 456 g/mol. The van der Waals surface area contributed by atoms with Crippen molar-refractivity contribution in [3.05, 3.63) is 59.8 Å². The zero-order valence-corrected chi connectivity index (χ0v) is 18.5. The smallest absolute Gasteiger partial charge is 0.356 e. The Kier molecular flexibility index (Phi) is 6.60. The molecule has 2 N–H and O–H groups in total. The highest BCUT2D eigenvalue weighted by Crippen LogP contribution is 2.30. The standard InChI is InChI=1S/C24H26F2N4O3/c1-3-33-24(32)22-21(19-14-17(26)6-9-20(19)27-22)28-23(31)15(2)29-10-12-30(13-11-29)18-7-4-16(25)5-8-18/h4-9,14-15,27H,3,10-13H2,1-2H3,(H,28,31)/t15-/m1/s1. The predicted octanol–water partition coefficient (Wildman–Crippen LogP) is 3.77. The van der Waals surface area contributed by atoms with Crippen LogP contribution < -0.4 is 10.2 Å². The number of hydrogen-bond acceptors (Lipinski definition) is 5. The third-order valence-electron chi connectivity index (χ3n) is 5.92. The SMILES string of the molecule is CCOC(=O)c1[nH]c2ccc(F)cc2c1NC(=O)[C@@H](C)N1CCN(c2ccc(F)cc2)CC1. The molecule has 7 nitrogen and oxygen atoms in total. The number of fused-ring (bicyclic) bond motifs is 1. The van der Waals surface area contributed by atoms with Crippen molar-refractivity contribution < 1.29 is 23.1 Å². The molecular formula is C24H26F2N4O3. The minimum absolute atomic E-state index is 0.0825. The number of esters is 1. The first-order valence-corrected chi connectivity index (χ1v) is 10.9. The van der Waals surface area contributed by atoms with Gasteiger partial charge in [0.1, 0.15) is 17.3 Å². The van der Waals surface area contributed by atoms with Crippen LogP contribution in [0, 0.1) is 11.6 Å². The summed E-state index contributed by atoms with van der Waals surface area (Å²) in [6, 6.07) is 9.95. The van der Waals surface area contributed by atoms with E-state index in [0.29, 0.717) is 37.1 Å². The Morgan fingerprint density at radius 3 is 2.39 bits per heavy atom. The third kappa shape index (κ3) is 4.83. The fraction of sp³-hybridized carbons (Fsp3) is 0.333. The lowest BCUT2D eigenvalue weighted by molar-refractivity contribution is -0.120. The second-order valence-electron chi connectivity index (χ2n) is 7.95. The number of aromatic amines is 1. The maximum absolute atomic E-state index is 13.9. The summed E-state index contributed by atoms with van der Waals surface area (Å²) < 4.78 is 32.2. The summed E-state index contributed by atoms with van der Waals surface area (Å²) in [4.78, 5) is 32.6. The Labute approximate surface area is 190 Å². The van der Waals surface area contributed by atoms with Crippen LogP contribution in [0.3, 0.4) is 0 Å². The number of halogens is 2. The van der Waals surface area contributed by atoms with E-state index in [9.17, 15) is 18.4 Å². The Morgan fingerprint density at radius 2 is 1.73 bits per heavy atom. The number of rotatable bonds is 6. The van der Waals surface area contributed by atoms with Crippen LogP contribution in [0.1, 0.15) is 24.3 Å². The third-order valence-corrected chi connectivity index (χ3v) is 5.92. The molecule has 1 aliphatic rings. The van der Waals surface area contributed by atoms with Crippen LogP contribution in [-0.4, -0.2) is 60.6 Å². The van der Waals surface area contributed by atoms with Gasteiger partial charge in [0.15, 0.2) is 0 Å². The molecule has 1 aromatic heterocycles. The topological polar surface area (TPSA) is 77.7 Å². The van der Waals surface area contributed by atoms with Crippen molar-refractivity contribution >= 4 is 34.2 Å². The van der Waals surface area contributed by atoms with Gasteiger partial charge in [0.25, 0.3) is 0 Å². The minimum Gasteiger partial charge on any atom is -0.461 e. The van der Waals surface area contributed by atoms with Gasteiger partial charge in [0, 0.05) is 42.8 Å². The lowest BCUT2D eigenvalue weighted by Gasteiger charge is -2.38. The first-order valence-electron chi connectivity index (χ1n) is 10.9. The Hall–Kier alpha value is -3.46. The number of benzene rings is 2. The van der Waals surface area contributed by atoms with Gasteiger partial charge in [-0.1, -0.05) is 0 Å². The molecule has 1 saturated heterocycles. The summed E-state index contributed by atoms with van der Waals surface area (Å²) in [5.74, 6) is -1.68. The molecule has 0 radical (unpaired) electrons. The zero-order valence-electron chi connectivity index (χ0n) is 18.5. The van der Waals surface area contributed by atoms with E-state index in [4.69, 9.17) is 4.74 Å².